The molecule has 0 spiro atoms. The van der Waals surface area contributed by atoms with Gasteiger partial charge in [0.1, 0.15) is 0 Å². The molecule has 3 nitrogen and oxygen atoms in total. The van der Waals surface area contributed by atoms with Crippen molar-refractivity contribution in [2.45, 2.75) is 51.0 Å². The Morgan fingerprint density at radius 1 is 1.32 bits per heavy atom. The third kappa shape index (κ3) is 2.70. The van der Waals surface area contributed by atoms with Crippen LogP contribution < -0.4 is 11.1 Å². The fourth-order valence-corrected chi connectivity index (χ4v) is 4.51. The van der Waals surface area contributed by atoms with E-state index >= 15 is 0 Å². The summed E-state index contributed by atoms with van der Waals surface area (Å²) in [5.41, 5.74) is 7.18. The number of thiophene rings is 1. The standard InChI is InChI=1S/C15H22N2OS/c16-9-11-5-3-6-12(11)17-15(18)14-8-10-4-1-2-7-13(10)19-14/h8,11-12H,1-7,9,16H2,(H,17,18). The molecule has 0 aromatic carbocycles. The molecule has 1 heterocycles. The summed E-state index contributed by atoms with van der Waals surface area (Å²) < 4.78 is 0. The number of amides is 1. The predicted octanol–water partition coefficient (Wildman–Crippen LogP) is 2.48. The predicted molar refractivity (Wildman–Crippen MR) is 78.6 cm³/mol. The molecule has 2 aliphatic carbocycles. The van der Waals surface area contributed by atoms with Gasteiger partial charge in [-0.15, -0.1) is 11.3 Å². The van der Waals surface area contributed by atoms with Crippen molar-refractivity contribution in [2.24, 2.45) is 11.7 Å². The van der Waals surface area contributed by atoms with Crippen LogP contribution in [0.3, 0.4) is 0 Å². The SMILES string of the molecule is NCC1CCCC1NC(=O)c1cc2c(s1)CCCC2. The lowest BCUT2D eigenvalue weighted by atomic mass is 9.99. The second-order valence-corrected chi connectivity index (χ2v) is 6.91. The van der Waals surface area contributed by atoms with Gasteiger partial charge in [0.05, 0.1) is 4.88 Å². The second-order valence-electron chi connectivity index (χ2n) is 5.77. The first-order valence-electron chi connectivity index (χ1n) is 7.40. The van der Waals surface area contributed by atoms with Crippen molar-refractivity contribution in [3.05, 3.63) is 21.4 Å². The molecule has 2 atom stereocenters. The molecule has 1 fully saturated rings. The minimum atomic E-state index is 0.116. The van der Waals surface area contributed by atoms with Crippen LogP contribution in [0.4, 0.5) is 0 Å². The van der Waals surface area contributed by atoms with Crippen LogP contribution in [0.5, 0.6) is 0 Å². The molecule has 1 saturated carbocycles. The van der Waals surface area contributed by atoms with E-state index in [1.807, 2.05) is 0 Å². The number of carbonyl (C=O) groups is 1. The molecule has 0 bridgehead atoms. The molecule has 2 unspecified atom stereocenters. The first kappa shape index (κ1) is 13.1. The first-order valence-corrected chi connectivity index (χ1v) is 8.22. The van der Waals surface area contributed by atoms with E-state index in [4.69, 9.17) is 5.73 Å². The van der Waals surface area contributed by atoms with E-state index in [9.17, 15) is 4.79 Å². The van der Waals surface area contributed by atoms with E-state index in [0.29, 0.717) is 12.5 Å². The third-order valence-corrected chi connectivity index (χ3v) is 5.73. The van der Waals surface area contributed by atoms with Gasteiger partial charge in [-0.2, -0.15) is 0 Å². The number of aryl methyl sites for hydroxylation is 2. The molecule has 3 N–H and O–H groups in total. The Bertz CT molecular complexity index is 445. The first-order chi connectivity index (χ1) is 9.28. The van der Waals surface area contributed by atoms with Crippen molar-refractivity contribution < 1.29 is 4.79 Å². The van der Waals surface area contributed by atoms with Gasteiger partial charge < -0.3 is 11.1 Å². The minimum Gasteiger partial charge on any atom is -0.348 e. The molecule has 1 aromatic heterocycles. The van der Waals surface area contributed by atoms with Crippen molar-refractivity contribution in [2.75, 3.05) is 6.54 Å². The highest BCUT2D eigenvalue weighted by Gasteiger charge is 2.28. The Kier molecular flexibility index (Phi) is 3.89. The molecule has 1 aromatic rings. The lowest BCUT2D eigenvalue weighted by Crippen LogP contribution is -2.39. The average Bonchev–Trinajstić information content (AvgIpc) is 3.03. The van der Waals surface area contributed by atoms with Gasteiger partial charge in [-0.1, -0.05) is 6.42 Å². The quantitative estimate of drug-likeness (QED) is 0.892. The summed E-state index contributed by atoms with van der Waals surface area (Å²) in [5, 5.41) is 3.20. The monoisotopic (exact) mass is 278 g/mol. The van der Waals surface area contributed by atoms with E-state index in [-0.39, 0.29) is 11.9 Å². The maximum atomic E-state index is 12.3. The lowest BCUT2D eigenvalue weighted by molar-refractivity contribution is 0.0933. The molecular formula is C15H22N2OS. The lowest BCUT2D eigenvalue weighted by Gasteiger charge is -2.18. The largest absolute Gasteiger partial charge is 0.348 e. The zero-order valence-electron chi connectivity index (χ0n) is 11.3. The summed E-state index contributed by atoms with van der Waals surface area (Å²) in [7, 11) is 0. The Morgan fingerprint density at radius 2 is 2.16 bits per heavy atom. The van der Waals surface area contributed by atoms with Crippen LogP contribution in [-0.2, 0) is 12.8 Å². The number of hydrogen-bond donors (Lipinski definition) is 2. The molecule has 19 heavy (non-hydrogen) atoms. The van der Waals surface area contributed by atoms with Crippen molar-refractivity contribution in [1.29, 1.82) is 0 Å². The fraction of sp³-hybridized carbons (Fsp3) is 0.667. The highest BCUT2D eigenvalue weighted by atomic mass is 32.1. The van der Waals surface area contributed by atoms with Crippen LogP contribution in [0.2, 0.25) is 0 Å². The second kappa shape index (κ2) is 5.63. The van der Waals surface area contributed by atoms with Crippen LogP contribution in [0.15, 0.2) is 6.07 Å². The van der Waals surface area contributed by atoms with Crippen LogP contribution in [0.25, 0.3) is 0 Å². The molecule has 2 aliphatic rings. The fourth-order valence-electron chi connectivity index (χ4n) is 3.35. The van der Waals surface area contributed by atoms with Crippen LogP contribution in [0.1, 0.15) is 52.2 Å². The molecule has 0 saturated heterocycles. The van der Waals surface area contributed by atoms with Gasteiger partial charge in [0.2, 0.25) is 0 Å². The normalized spacial score (nSPS) is 26.2. The number of carbonyl (C=O) groups excluding carboxylic acids is 1. The van der Waals surface area contributed by atoms with E-state index in [0.717, 1.165) is 30.6 Å². The minimum absolute atomic E-state index is 0.116. The summed E-state index contributed by atoms with van der Waals surface area (Å²) >= 11 is 1.69. The van der Waals surface area contributed by atoms with Crippen molar-refractivity contribution >= 4 is 17.2 Å². The number of fused-ring (bicyclic) bond motifs is 1. The maximum absolute atomic E-state index is 12.3. The smallest absolute Gasteiger partial charge is 0.261 e. The van der Waals surface area contributed by atoms with Crippen molar-refractivity contribution in [1.82, 2.24) is 5.32 Å². The Labute approximate surface area is 118 Å². The van der Waals surface area contributed by atoms with E-state index in [2.05, 4.69) is 11.4 Å². The van der Waals surface area contributed by atoms with Gasteiger partial charge in [0, 0.05) is 10.9 Å². The van der Waals surface area contributed by atoms with Crippen LogP contribution in [-0.4, -0.2) is 18.5 Å². The average molecular weight is 278 g/mol. The zero-order chi connectivity index (χ0) is 13.2. The zero-order valence-corrected chi connectivity index (χ0v) is 12.1. The topological polar surface area (TPSA) is 55.1 Å². The van der Waals surface area contributed by atoms with Gasteiger partial charge in [-0.25, -0.2) is 0 Å². The van der Waals surface area contributed by atoms with Crippen LogP contribution >= 0.6 is 11.3 Å². The van der Waals surface area contributed by atoms with Crippen LogP contribution in [0, 0.1) is 5.92 Å². The van der Waals surface area contributed by atoms with E-state index in [1.54, 1.807) is 11.3 Å². The molecular weight excluding hydrogens is 256 g/mol. The summed E-state index contributed by atoms with van der Waals surface area (Å²) in [6.45, 7) is 0.686. The molecule has 1 amide bonds. The highest BCUT2D eigenvalue weighted by Crippen LogP contribution is 2.30. The summed E-state index contributed by atoms with van der Waals surface area (Å²) in [4.78, 5) is 14.7. The number of hydrogen-bond acceptors (Lipinski definition) is 3. The molecule has 104 valence electrons. The number of rotatable bonds is 3. The number of nitrogens with one attached hydrogen (secondary N) is 1. The van der Waals surface area contributed by atoms with Gasteiger partial charge in [0.15, 0.2) is 0 Å². The molecule has 0 aliphatic heterocycles. The summed E-state index contributed by atoms with van der Waals surface area (Å²) in [5.74, 6) is 0.586. The Balaban J connectivity index is 1.68. The van der Waals surface area contributed by atoms with Gasteiger partial charge in [-0.3, -0.25) is 4.79 Å². The molecule has 0 radical (unpaired) electrons. The Morgan fingerprint density at radius 3 is 2.95 bits per heavy atom. The van der Waals surface area contributed by atoms with E-state index in [1.165, 1.54) is 29.7 Å². The Hall–Kier alpha value is -0.870. The highest BCUT2D eigenvalue weighted by molar-refractivity contribution is 7.14. The van der Waals surface area contributed by atoms with Gasteiger partial charge in [0.25, 0.3) is 5.91 Å². The third-order valence-electron chi connectivity index (χ3n) is 4.50. The number of nitrogens with two attached hydrogens (primary N) is 1. The van der Waals surface area contributed by atoms with E-state index < -0.39 is 0 Å². The maximum Gasteiger partial charge on any atom is 0.261 e. The summed E-state index contributed by atoms with van der Waals surface area (Å²) in [6.07, 6.45) is 8.26. The van der Waals surface area contributed by atoms with Gasteiger partial charge in [-0.05, 0) is 62.6 Å². The van der Waals surface area contributed by atoms with Gasteiger partial charge >= 0.3 is 0 Å². The molecule has 3 rings (SSSR count). The summed E-state index contributed by atoms with van der Waals surface area (Å²) in [6, 6.07) is 2.40. The molecule has 4 heteroatoms. The van der Waals surface area contributed by atoms with Crippen molar-refractivity contribution in [3.8, 4) is 0 Å². The van der Waals surface area contributed by atoms with Crippen molar-refractivity contribution in [3.63, 3.8) is 0 Å².